The molecule has 1 aromatic carbocycles. The molecule has 2 aliphatic rings. The van der Waals surface area contributed by atoms with Gasteiger partial charge >= 0.3 is 12.2 Å². The number of halogens is 3. The first-order valence-electron chi connectivity index (χ1n) is 10.1. The number of alkyl halides is 3. The van der Waals surface area contributed by atoms with Gasteiger partial charge in [0.2, 0.25) is 5.91 Å². The Balaban J connectivity index is 1.87. The normalized spacial score (nSPS) is 19.1. The Kier molecular flexibility index (Phi) is 6.28. The van der Waals surface area contributed by atoms with Gasteiger partial charge in [-0.05, 0) is 30.5 Å². The molecule has 0 aromatic heterocycles. The molecule has 31 heavy (non-hydrogen) atoms. The summed E-state index contributed by atoms with van der Waals surface area (Å²) >= 11 is 0. The third-order valence-electron chi connectivity index (χ3n) is 5.23. The minimum absolute atomic E-state index is 0.0850. The fourth-order valence-corrected chi connectivity index (χ4v) is 3.67. The molecule has 1 atom stereocenters. The van der Waals surface area contributed by atoms with Crippen molar-refractivity contribution in [2.75, 3.05) is 26.2 Å². The van der Waals surface area contributed by atoms with Crippen molar-refractivity contribution in [1.82, 2.24) is 20.4 Å². The number of carbonyl (C=O) groups is 3. The van der Waals surface area contributed by atoms with Gasteiger partial charge in [-0.2, -0.15) is 13.2 Å². The van der Waals surface area contributed by atoms with E-state index in [9.17, 15) is 27.6 Å². The van der Waals surface area contributed by atoms with Crippen LogP contribution in [0.25, 0.3) is 0 Å². The summed E-state index contributed by atoms with van der Waals surface area (Å²) in [7, 11) is 0. The molecule has 3 rings (SSSR count). The van der Waals surface area contributed by atoms with Gasteiger partial charge in [0.25, 0.3) is 5.91 Å². The number of urea groups is 1. The van der Waals surface area contributed by atoms with Crippen LogP contribution in [0.4, 0.5) is 18.0 Å². The zero-order chi connectivity index (χ0) is 22.9. The highest BCUT2D eigenvalue weighted by molar-refractivity contribution is 6.03. The van der Waals surface area contributed by atoms with Crippen molar-refractivity contribution in [1.29, 1.82) is 0 Å². The number of rotatable bonds is 6. The van der Waals surface area contributed by atoms with E-state index in [1.165, 1.54) is 21.9 Å². The highest BCUT2D eigenvalue weighted by Crippen LogP contribution is 2.37. The van der Waals surface area contributed by atoms with Crippen molar-refractivity contribution in [3.63, 3.8) is 0 Å². The van der Waals surface area contributed by atoms with E-state index in [1.54, 1.807) is 6.92 Å². The number of hydrogen-bond donors (Lipinski definition) is 2. The van der Waals surface area contributed by atoms with E-state index < -0.39 is 29.7 Å². The minimum Gasteiger partial charge on any atom is -0.354 e. The predicted molar refractivity (Wildman–Crippen MR) is 107 cm³/mol. The fraction of sp³-hybridized carbons (Fsp3) is 0.476. The Morgan fingerprint density at radius 3 is 2.42 bits per heavy atom. The lowest BCUT2D eigenvalue weighted by Gasteiger charge is -2.33. The minimum atomic E-state index is -4.49. The molecule has 0 aliphatic carbocycles. The Morgan fingerprint density at radius 2 is 1.87 bits per heavy atom. The molecule has 2 aliphatic heterocycles. The summed E-state index contributed by atoms with van der Waals surface area (Å²) in [5.41, 5.74) is 0.295. The highest BCUT2D eigenvalue weighted by atomic mass is 19.4. The number of benzene rings is 1. The van der Waals surface area contributed by atoms with Crippen LogP contribution in [-0.2, 0) is 15.8 Å². The largest absolute Gasteiger partial charge is 0.416 e. The van der Waals surface area contributed by atoms with Crippen LogP contribution in [0.2, 0.25) is 0 Å². The Morgan fingerprint density at radius 1 is 1.23 bits per heavy atom. The molecule has 0 saturated heterocycles. The number of carbonyl (C=O) groups excluding carboxylic acids is 3. The average molecular weight is 438 g/mol. The van der Waals surface area contributed by atoms with Gasteiger partial charge in [-0.1, -0.05) is 26.0 Å². The Bertz CT molecular complexity index is 909. The lowest BCUT2D eigenvalue weighted by Crippen LogP contribution is -2.47. The number of nitrogens with zero attached hydrogens (tertiary/aromatic N) is 2. The van der Waals surface area contributed by atoms with Crippen LogP contribution in [-0.4, -0.2) is 53.8 Å². The van der Waals surface area contributed by atoms with E-state index in [0.29, 0.717) is 24.4 Å². The molecule has 4 amide bonds. The van der Waals surface area contributed by atoms with E-state index in [-0.39, 0.29) is 30.5 Å². The van der Waals surface area contributed by atoms with E-state index in [2.05, 4.69) is 10.6 Å². The summed E-state index contributed by atoms with van der Waals surface area (Å²) in [6, 6.07) is 3.03. The smallest absolute Gasteiger partial charge is 0.354 e. The molecule has 0 saturated carbocycles. The molecule has 1 aromatic rings. The monoisotopic (exact) mass is 438 g/mol. The van der Waals surface area contributed by atoms with Gasteiger partial charge in [0.05, 0.1) is 29.4 Å². The van der Waals surface area contributed by atoms with Gasteiger partial charge in [-0.25, -0.2) is 4.79 Å². The number of nitrogens with one attached hydrogen (secondary N) is 2. The Hall–Kier alpha value is -3.04. The molecule has 10 heteroatoms. The van der Waals surface area contributed by atoms with Gasteiger partial charge in [0.1, 0.15) is 6.54 Å². The van der Waals surface area contributed by atoms with E-state index in [1.807, 2.05) is 13.8 Å². The molecule has 168 valence electrons. The van der Waals surface area contributed by atoms with E-state index in [4.69, 9.17) is 0 Å². The van der Waals surface area contributed by atoms with Crippen LogP contribution in [0, 0.1) is 5.92 Å². The number of likely N-dealkylation sites (N-methyl/N-ethyl adjacent to an activating group) is 1. The van der Waals surface area contributed by atoms with Crippen molar-refractivity contribution >= 4 is 17.8 Å². The second-order valence-corrected chi connectivity index (χ2v) is 7.97. The molecular formula is C21H25F3N4O3. The SMILES string of the molecule is CCN1C(=O)NC(c2ccc(C(F)(F)F)cc2)C2=C1CN(CC(=O)NCC(C)C)C2=O. The summed E-state index contributed by atoms with van der Waals surface area (Å²) in [5.74, 6) is -0.473. The lowest BCUT2D eigenvalue weighted by atomic mass is 9.95. The Labute approximate surface area is 178 Å². The number of amides is 4. The van der Waals surface area contributed by atoms with Gasteiger partial charge in [0.15, 0.2) is 0 Å². The maximum atomic E-state index is 13.1. The molecule has 2 heterocycles. The van der Waals surface area contributed by atoms with Crippen LogP contribution in [0.5, 0.6) is 0 Å². The second kappa shape index (κ2) is 8.60. The second-order valence-electron chi connectivity index (χ2n) is 7.97. The maximum Gasteiger partial charge on any atom is 0.416 e. The van der Waals surface area contributed by atoms with Gasteiger partial charge in [0, 0.05) is 13.1 Å². The van der Waals surface area contributed by atoms with E-state index in [0.717, 1.165) is 12.1 Å². The van der Waals surface area contributed by atoms with Gasteiger partial charge < -0.3 is 15.5 Å². The molecule has 0 radical (unpaired) electrons. The van der Waals surface area contributed by atoms with Crippen molar-refractivity contribution in [2.24, 2.45) is 5.92 Å². The lowest BCUT2D eigenvalue weighted by molar-refractivity contribution is -0.137. The topological polar surface area (TPSA) is 81.8 Å². The van der Waals surface area contributed by atoms with Crippen molar-refractivity contribution < 1.29 is 27.6 Å². The molecule has 1 unspecified atom stereocenters. The van der Waals surface area contributed by atoms with Crippen molar-refractivity contribution in [3.05, 3.63) is 46.7 Å². The van der Waals surface area contributed by atoms with Gasteiger partial charge in [-0.3, -0.25) is 14.5 Å². The molecule has 0 fully saturated rings. The summed E-state index contributed by atoms with van der Waals surface area (Å²) in [4.78, 5) is 40.7. The van der Waals surface area contributed by atoms with Crippen molar-refractivity contribution in [2.45, 2.75) is 33.0 Å². The van der Waals surface area contributed by atoms with Crippen LogP contribution in [0.3, 0.4) is 0 Å². The zero-order valence-electron chi connectivity index (χ0n) is 17.5. The standard InChI is InChI=1S/C21H25F3N4O3/c1-4-28-15-10-27(11-16(29)25-9-12(2)3)19(30)17(15)18(26-20(28)31)13-5-7-14(8-6-13)21(22,23)24/h5-8,12,18H,4,9-11H2,1-3H3,(H,25,29)(H,26,31). The summed E-state index contributed by atoms with van der Waals surface area (Å²) in [6.07, 6.45) is -4.49. The third-order valence-corrected chi connectivity index (χ3v) is 5.23. The first-order chi connectivity index (χ1) is 14.5. The van der Waals surface area contributed by atoms with Gasteiger partial charge in [-0.15, -0.1) is 0 Å². The molecule has 7 nitrogen and oxygen atoms in total. The first-order valence-corrected chi connectivity index (χ1v) is 10.1. The molecular weight excluding hydrogens is 413 g/mol. The van der Waals surface area contributed by atoms with Crippen LogP contribution < -0.4 is 10.6 Å². The van der Waals surface area contributed by atoms with Crippen LogP contribution in [0.15, 0.2) is 35.5 Å². The molecule has 0 bridgehead atoms. The summed E-state index contributed by atoms with van der Waals surface area (Å²) in [6.45, 7) is 6.37. The summed E-state index contributed by atoms with van der Waals surface area (Å²) in [5, 5.41) is 5.46. The van der Waals surface area contributed by atoms with Crippen LogP contribution >= 0.6 is 0 Å². The van der Waals surface area contributed by atoms with Crippen LogP contribution in [0.1, 0.15) is 37.9 Å². The quantitative estimate of drug-likeness (QED) is 0.717. The van der Waals surface area contributed by atoms with Crippen molar-refractivity contribution in [3.8, 4) is 0 Å². The zero-order valence-corrected chi connectivity index (χ0v) is 17.5. The maximum absolute atomic E-state index is 13.1. The third kappa shape index (κ3) is 4.67. The highest BCUT2D eigenvalue weighted by Gasteiger charge is 2.44. The number of hydrogen-bond acceptors (Lipinski definition) is 3. The average Bonchev–Trinajstić information content (AvgIpc) is 3.01. The summed E-state index contributed by atoms with van der Waals surface area (Å²) < 4.78 is 38.7. The fourth-order valence-electron chi connectivity index (χ4n) is 3.67. The molecule has 0 spiro atoms. The first kappa shape index (κ1) is 22.6. The van der Waals surface area contributed by atoms with E-state index >= 15 is 0 Å². The molecule has 2 N–H and O–H groups in total. The predicted octanol–water partition coefficient (Wildman–Crippen LogP) is 2.66.